The first-order valence-corrected chi connectivity index (χ1v) is 12.8. The molecule has 3 aromatic rings. The smallest absolute Gasteiger partial charge is 0.303 e. The molecule has 0 fully saturated rings. The minimum Gasteiger partial charge on any atom is -0.495 e. The van der Waals surface area contributed by atoms with Crippen LogP contribution >= 0.6 is 22.9 Å². The Morgan fingerprint density at radius 2 is 2.00 bits per heavy atom. The van der Waals surface area contributed by atoms with Gasteiger partial charge < -0.3 is 15.2 Å². The predicted molar refractivity (Wildman–Crippen MR) is 134 cm³/mol. The van der Waals surface area contributed by atoms with Crippen LogP contribution in [-0.2, 0) is 30.6 Å². The second kappa shape index (κ2) is 11.2. The molecule has 2 aromatic heterocycles. The highest BCUT2D eigenvalue weighted by Gasteiger charge is 2.21. The van der Waals surface area contributed by atoms with E-state index < -0.39 is 5.97 Å². The Kier molecular flexibility index (Phi) is 8.04. The molecule has 4 rings (SSSR count). The summed E-state index contributed by atoms with van der Waals surface area (Å²) >= 11 is 8.12. The fourth-order valence-electron chi connectivity index (χ4n) is 4.36. The number of rotatable bonds is 11. The van der Waals surface area contributed by atoms with Gasteiger partial charge in [-0.05, 0) is 61.8 Å². The number of hydrogen-bond acceptors (Lipinski definition) is 6. The van der Waals surface area contributed by atoms with Crippen LogP contribution in [0.3, 0.4) is 0 Å². The number of anilines is 1. The number of nitrogens with one attached hydrogen (secondary N) is 1. The largest absolute Gasteiger partial charge is 0.495 e. The zero-order valence-corrected chi connectivity index (χ0v) is 20.5. The van der Waals surface area contributed by atoms with Gasteiger partial charge in [0.1, 0.15) is 22.2 Å². The van der Waals surface area contributed by atoms with E-state index in [4.69, 9.17) is 31.4 Å². The van der Waals surface area contributed by atoms with Gasteiger partial charge >= 0.3 is 5.97 Å². The zero-order chi connectivity index (χ0) is 23.2. The predicted octanol–water partition coefficient (Wildman–Crippen LogP) is 6.42. The Bertz CT molecular complexity index is 1130. The van der Waals surface area contributed by atoms with Crippen LogP contribution in [0.5, 0.6) is 5.75 Å². The molecule has 1 aliphatic carbocycles. The minimum atomic E-state index is -0.723. The molecule has 0 bridgehead atoms. The third kappa shape index (κ3) is 5.95. The van der Waals surface area contributed by atoms with Crippen molar-refractivity contribution in [2.75, 3.05) is 12.4 Å². The van der Waals surface area contributed by atoms with Crippen LogP contribution < -0.4 is 10.1 Å². The van der Waals surface area contributed by atoms with Crippen LogP contribution in [0.25, 0.3) is 10.2 Å². The molecule has 176 valence electrons. The molecule has 6 nitrogen and oxygen atoms in total. The SMILES string of the molecule is COc1ccc(CNc2nc(CCCCCCC(=O)O)nc3sc4c(c23)CCCC4)cc1Cl. The third-order valence-corrected chi connectivity index (χ3v) is 7.56. The summed E-state index contributed by atoms with van der Waals surface area (Å²) in [6.45, 7) is 0.620. The van der Waals surface area contributed by atoms with Crippen molar-refractivity contribution in [1.82, 2.24) is 9.97 Å². The Labute approximate surface area is 203 Å². The highest BCUT2D eigenvalue weighted by Crippen LogP contribution is 2.39. The second-order valence-electron chi connectivity index (χ2n) is 8.51. The first-order valence-electron chi connectivity index (χ1n) is 11.6. The Morgan fingerprint density at radius 3 is 2.79 bits per heavy atom. The van der Waals surface area contributed by atoms with Gasteiger partial charge in [0.15, 0.2) is 0 Å². The van der Waals surface area contributed by atoms with Crippen LogP contribution in [-0.4, -0.2) is 28.2 Å². The second-order valence-corrected chi connectivity index (χ2v) is 10.0. The average molecular weight is 488 g/mol. The van der Waals surface area contributed by atoms with Crippen molar-refractivity contribution in [3.05, 3.63) is 45.1 Å². The first-order chi connectivity index (χ1) is 16.0. The zero-order valence-electron chi connectivity index (χ0n) is 19.0. The maximum atomic E-state index is 10.7. The van der Waals surface area contributed by atoms with E-state index >= 15 is 0 Å². The Balaban J connectivity index is 1.52. The summed E-state index contributed by atoms with van der Waals surface area (Å²) in [7, 11) is 1.62. The van der Waals surface area contributed by atoms with Crippen LogP contribution in [0.1, 0.15) is 66.8 Å². The van der Waals surface area contributed by atoms with Crippen molar-refractivity contribution < 1.29 is 14.6 Å². The number of aryl methyl sites for hydroxylation is 3. The van der Waals surface area contributed by atoms with E-state index in [0.29, 0.717) is 17.3 Å². The first kappa shape index (κ1) is 23.8. The van der Waals surface area contributed by atoms with Gasteiger partial charge in [-0.1, -0.05) is 30.5 Å². The maximum Gasteiger partial charge on any atom is 0.303 e. The van der Waals surface area contributed by atoms with E-state index in [1.165, 1.54) is 28.7 Å². The highest BCUT2D eigenvalue weighted by atomic mass is 35.5. The highest BCUT2D eigenvalue weighted by molar-refractivity contribution is 7.19. The van der Waals surface area contributed by atoms with E-state index in [9.17, 15) is 4.79 Å². The number of benzene rings is 1. The molecule has 1 aliphatic rings. The molecule has 8 heteroatoms. The number of carboxylic acids is 1. The molecule has 0 amide bonds. The summed E-state index contributed by atoms with van der Waals surface area (Å²) in [6.07, 6.45) is 9.31. The normalized spacial score (nSPS) is 13.2. The minimum absolute atomic E-state index is 0.243. The fraction of sp³-hybridized carbons (Fsp3) is 0.480. The van der Waals surface area contributed by atoms with Crippen molar-refractivity contribution in [2.24, 2.45) is 0 Å². The lowest BCUT2D eigenvalue weighted by Gasteiger charge is -2.14. The van der Waals surface area contributed by atoms with E-state index in [1.54, 1.807) is 7.11 Å². The van der Waals surface area contributed by atoms with Crippen LogP contribution in [0.2, 0.25) is 5.02 Å². The number of aliphatic carboxylic acids is 1. The molecule has 0 atom stereocenters. The maximum absolute atomic E-state index is 10.7. The molecule has 2 N–H and O–H groups in total. The van der Waals surface area contributed by atoms with Gasteiger partial charge in [0.25, 0.3) is 0 Å². The summed E-state index contributed by atoms with van der Waals surface area (Å²) in [5, 5.41) is 14.1. The van der Waals surface area contributed by atoms with Crippen molar-refractivity contribution in [3.63, 3.8) is 0 Å². The van der Waals surface area contributed by atoms with Crippen molar-refractivity contribution >= 4 is 44.9 Å². The van der Waals surface area contributed by atoms with Crippen LogP contribution in [0, 0.1) is 0 Å². The number of halogens is 1. The van der Waals surface area contributed by atoms with Crippen molar-refractivity contribution in [2.45, 2.75) is 70.8 Å². The van der Waals surface area contributed by atoms with E-state index in [0.717, 1.165) is 67.0 Å². The topological polar surface area (TPSA) is 84.3 Å². The van der Waals surface area contributed by atoms with Crippen molar-refractivity contribution in [1.29, 1.82) is 0 Å². The number of ether oxygens (including phenoxy) is 1. The number of thiophene rings is 1. The molecular formula is C25H30ClN3O3S. The van der Waals surface area contributed by atoms with Gasteiger partial charge in [-0.25, -0.2) is 9.97 Å². The average Bonchev–Trinajstić information content (AvgIpc) is 3.18. The van der Waals surface area contributed by atoms with Crippen molar-refractivity contribution in [3.8, 4) is 5.75 Å². The number of fused-ring (bicyclic) bond motifs is 3. The summed E-state index contributed by atoms with van der Waals surface area (Å²) in [5.74, 6) is 1.71. The van der Waals surface area contributed by atoms with Gasteiger partial charge in [0, 0.05) is 24.3 Å². The number of aromatic nitrogens is 2. The van der Waals surface area contributed by atoms with Gasteiger partial charge in [0.05, 0.1) is 17.5 Å². The molecule has 2 heterocycles. The molecule has 1 aromatic carbocycles. The van der Waals surface area contributed by atoms with Gasteiger partial charge in [-0.2, -0.15) is 0 Å². The standard InChI is InChI=1S/C25H30ClN3O3S/c1-32-19-13-12-16(14-18(19)26)15-27-24-23-17-8-6-7-9-20(17)33-25(23)29-21(28-24)10-4-2-3-5-11-22(30)31/h12-14H,2-11,15H2,1H3,(H,30,31)(H,27,28,29). The summed E-state index contributed by atoms with van der Waals surface area (Å²) in [4.78, 5) is 23.0. The van der Waals surface area contributed by atoms with Gasteiger partial charge in [0.2, 0.25) is 0 Å². The lowest BCUT2D eigenvalue weighted by atomic mass is 9.97. The van der Waals surface area contributed by atoms with E-state index in [1.807, 2.05) is 29.5 Å². The quantitative estimate of drug-likeness (QED) is 0.303. The number of hydrogen-bond donors (Lipinski definition) is 2. The Hall–Kier alpha value is -2.38. The lowest BCUT2D eigenvalue weighted by Crippen LogP contribution is -2.07. The summed E-state index contributed by atoms with van der Waals surface area (Å²) < 4.78 is 5.26. The molecule has 0 aliphatic heterocycles. The molecule has 0 spiro atoms. The summed E-state index contributed by atoms with van der Waals surface area (Å²) in [6, 6.07) is 5.82. The number of carboxylic acid groups (broad SMARTS) is 1. The molecule has 33 heavy (non-hydrogen) atoms. The molecular weight excluding hydrogens is 458 g/mol. The molecule has 0 unspecified atom stereocenters. The summed E-state index contributed by atoms with van der Waals surface area (Å²) in [5.41, 5.74) is 2.48. The number of unbranched alkanes of at least 4 members (excludes halogenated alkanes) is 3. The fourth-order valence-corrected chi connectivity index (χ4v) is 5.92. The van der Waals surface area contributed by atoms with E-state index in [-0.39, 0.29) is 6.42 Å². The number of methoxy groups -OCH3 is 1. The van der Waals surface area contributed by atoms with Gasteiger partial charge in [-0.15, -0.1) is 11.3 Å². The number of nitrogens with zero attached hydrogens (tertiary/aromatic N) is 2. The lowest BCUT2D eigenvalue weighted by molar-refractivity contribution is -0.137. The monoisotopic (exact) mass is 487 g/mol. The van der Waals surface area contributed by atoms with Crippen LogP contribution in [0.4, 0.5) is 5.82 Å². The van der Waals surface area contributed by atoms with Gasteiger partial charge in [-0.3, -0.25) is 4.79 Å². The molecule has 0 radical (unpaired) electrons. The Morgan fingerprint density at radius 1 is 1.18 bits per heavy atom. The molecule has 0 saturated heterocycles. The third-order valence-electron chi connectivity index (χ3n) is 6.08. The van der Waals surface area contributed by atoms with E-state index in [2.05, 4.69) is 5.32 Å². The molecule has 0 saturated carbocycles. The van der Waals surface area contributed by atoms with Crippen LogP contribution in [0.15, 0.2) is 18.2 Å². The number of carbonyl (C=O) groups is 1.